The van der Waals surface area contributed by atoms with Crippen LogP contribution in [0, 0.1) is 41.5 Å². The number of carboxylic acids is 6. The van der Waals surface area contributed by atoms with Crippen LogP contribution < -0.4 is 30.6 Å². The van der Waals surface area contributed by atoms with Crippen molar-refractivity contribution < 1.29 is 59.4 Å². The SMILES string of the molecule is CCC1=C(C)c2cc3[nH]c(cc4nc(cc5[nH]c(cc1n2)c(C)c5CCC(=O)[O-])C(CCC(=O)[O-])=C4C)c(C)c3CC.CCC1=C(C)c2cc3[nH]c(cc4nc(cc5[nH]c(cc1n2)c(C)c5CCC(=O)[O-])C(CCC(=O)[O-])=C4C)c(C)c3CC.CCC1=C(C)c2cc3[nH]c(cc4nc(cc5[nH]c(cc1n2)c(C)c5CCC(=O)[O-])C(CCC(=O)[O-])=C4C)c(C)c3CC.[Al+3].[Al+3]. The number of rotatable bonds is 24. The zero-order valence-electron chi connectivity index (χ0n) is 76.4. The summed E-state index contributed by atoms with van der Waals surface area (Å²) >= 11 is 0. The molecule has 0 saturated heterocycles. The predicted octanol–water partition coefficient (Wildman–Crippen LogP) is 14.2. The van der Waals surface area contributed by atoms with Gasteiger partial charge in [0.25, 0.3) is 0 Å². The van der Waals surface area contributed by atoms with Crippen molar-refractivity contribution in [2.75, 3.05) is 0 Å². The average molecular weight is 1750 g/mol. The van der Waals surface area contributed by atoms with Gasteiger partial charge in [-0.1, -0.05) is 41.5 Å². The number of carboxylic acid groups (broad SMARTS) is 6. The molecule has 654 valence electrons. The van der Waals surface area contributed by atoms with Crippen LogP contribution in [0.1, 0.15) is 295 Å². The van der Waals surface area contributed by atoms with Crippen LogP contribution >= 0.6 is 0 Å². The molecule has 9 aromatic rings. The van der Waals surface area contributed by atoms with Gasteiger partial charge in [0.05, 0.1) is 68.3 Å². The molecule has 6 aliphatic heterocycles. The van der Waals surface area contributed by atoms with Crippen molar-refractivity contribution in [1.29, 1.82) is 0 Å². The van der Waals surface area contributed by atoms with Gasteiger partial charge in [-0.3, -0.25) is 0 Å². The molecule has 0 unspecified atom stereocenters. The van der Waals surface area contributed by atoms with E-state index in [2.05, 4.69) is 131 Å². The summed E-state index contributed by atoms with van der Waals surface area (Å²) in [6.07, 6.45) is 5.94. The molecule has 0 aliphatic carbocycles. The first-order valence-corrected chi connectivity index (χ1v) is 43.7. The van der Waals surface area contributed by atoms with Crippen molar-refractivity contribution >= 4 is 204 Å². The normalized spacial score (nSPS) is 13.1. The first-order chi connectivity index (χ1) is 60.0. The third-order valence-corrected chi connectivity index (χ3v) is 26.0. The Morgan fingerprint density at radius 3 is 0.547 bits per heavy atom. The van der Waals surface area contributed by atoms with Gasteiger partial charge in [0.1, 0.15) is 0 Å². The Morgan fingerprint density at radius 2 is 0.359 bits per heavy atom. The summed E-state index contributed by atoms with van der Waals surface area (Å²) in [5.74, 6) is -6.72. The zero-order valence-corrected chi connectivity index (χ0v) is 78.7. The van der Waals surface area contributed by atoms with E-state index in [0.717, 1.165) is 273 Å². The van der Waals surface area contributed by atoms with E-state index >= 15 is 0 Å². The van der Waals surface area contributed by atoms with E-state index < -0.39 is 35.8 Å². The molecule has 15 heterocycles. The smallest absolute Gasteiger partial charge is 0.550 e. The maximum atomic E-state index is 11.4. The summed E-state index contributed by atoms with van der Waals surface area (Å²) in [7, 11) is 0. The summed E-state index contributed by atoms with van der Waals surface area (Å²) in [6.45, 7) is 37.2. The number of hydrogen-bond donors (Lipinski definition) is 6. The molecule has 0 amide bonds. The third kappa shape index (κ3) is 19.8. The summed E-state index contributed by atoms with van der Waals surface area (Å²) in [6, 6.07) is 24.3. The molecule has 6 N–H and O–H groups in total. The molecule has 0 radical (unpaired) electrons. The van der Waals surface area contributed by atoms with Gasteiger partial charge in [-0.15, -0.1) is 0 Å². The van der Waals surface area contributed by atoms with Crippen LogP contribution in [0.25, 0.3) is 133 Å². The number of aromatic nitrogens is 12. The summed E-state index contributed by atoms with van der Waals surface area (Å²) < 4.78 is 0. The van der Waals surface area contributed by atoms with Crippen molar-refractivity contribution in [3.05, 3.63) is 208 Å². The van der Waals surface area contributed by atoms with E-state index in [1.54, 1.807) is 0 Å². The van der Waals surface area contributed by atoms with Gasteiger partial charge < -0.3 is 89.3 Å². The van der Waals surface area contributed by atoms with E-state index in [9.17, 15) is 59.4 Å². The van der Waals surface area contributed by atoms with E-state index in [-0.39, 0.29) is 112 Å². The number of H-pyrrole nitrogens is 6. The minimum atomic E-state index is -1.12. The fourth-order valence-electron chi connectivity index (χ4n) is 18.6. The van der Waals surface area contributed by atoms with Gasteiger partial charge in [-0.25, -0.2) is 29.9 Å². The van der Waals surface area contributed by atoms with Crippen molar-refractivity contribution in [3.8, 4) is 0 Å². The van der Waals surface area contributed by atoms with Crippen LogP contribution in [0.5, 0.6) is 0 Å². The number of carbonyl (C=O) groups excluding carboxylic acids is 6. The van der Waals surface area contributed by atoms with Crippen molar-refractivity contribution in [3.63, 3.8) is 0 Å². The second-order valence-corrected chi connectivity index (χ2v) is 33.3. The molecule has 0 atom stereocenters. The molecule has 0 aromatic carbocycles. The fourth-order valence-corrected chi connectivity index (χ4v) is 18.6. The number of aryl methyl sites for hydroxylation is 12. The van der Waals surface area contributed by atoms with E-state index in [0.29, 0.717) is 17.1 Å². The third-order valence-electron chi connectivity index (χ3n) is 26.0. The number of nitrogens with one attached hydrogen (secondary N) is 6. The molecule has 24 bridgehead atoms. The monoisotopic (exact) mass is 1750 g/mol. The summed E-state index contributed by atoms with van der Waals surface area (Å²) in [5.41, 5.74) is 44.8. The molecule has 15 rings (SSSR count). The molecular weight excluding hydrogens is 1640 g/mol. The molecule has 0 spiro atoms. The van der Waals surface area contributed by atoms with Crippen LogP contribution in [-0.4, -0.2) is 130 Å². The van der Waals surface area contributed by atoms with Crippen molar-refractivity contribution in [1.82, 2.24) is 59.8 Å². The summed E-state index contributed by atoms with van der Waals surface area (Å²) in [4.78, 5) is 120. The van der Waals surface area contributed by atoms with Gasteiger partial charge in [0.2, 0.25) is 0 Å². The Morgan fingerprint density at radius 1 is 0.211 bits per heavy atom. The number of nitrogens with zero attached hydrogens (tertiary/aromatic N) is 6. The van der Waals surface area contributed by atoms with Gasteiger partial charge in [0, 0.05) is 102 Å². The zero-order chi connectivity index (χ0) is 90.9. The van der Waals surface area contributed by atoms with Crippen LogP contribution in [-0.2, 0) is 67.3 Å². The Hall–Kier alpha value is -12.3. The second kappa shape index (κ2) is 40.3. The Balaban J connectivity index is 0.000000185. The quantitative estimate of drug-likeness (QED) is 0.0306. The Labute approximate surface area is 765 Å². The van der Waals surface area contributed by atoms with E-state index in [4.69, 9.17) is 29.9 Å². The summed E-state index contributed by atoms with van der Waals surface area (Å²) in [5, 5.41) is 68.5. The maximum absolute atomic E-state index is 11.4. The van der Waals surface area contributed by atoms with Crippen LogP contribution in [0.15, 0.2) is 72.8 Å². The number of carbonyl (C=O) groups is 6. The average Bonchev–Trinajstić information content (AvgIpc) is 1.62. The Bertz CT molecular complexity index is 6220. The number of aromatic amines is 6. The van der Waals surface area contributed by atoms with Crippen molar-refractivity contribution in [2.24, 2.45) is 0 Å². The molecule has 0 fully saturated rings. The number of allylic oxidation sites excluding steroid dienone is 12. The molecular formula is C102H108Al2N12O12. The standard InChI is InChI=1S/3C34H38N4O4.2Al/c3*1-7-21-17(3)25-13-26-19(5)23(9-11-33(39)40)31(37-26)16-32-24(10-12-34(41)42)20(6)28(38-32)15-30-22(8-2)18(4)27(36-30)14-29(21)35-25;;/h3*13-16,35,38H,7-12H2,1-6H3,(H,39,40)(H,41,42);;/q;;;2*+3/p-6. The van der Waals surface area contributed by atoms with Gasteiger partial charge >= 0.3 is 34.7 Å². The Kier molecular flexibility index (Phi) is 30.4. The van der Waals surface area contributed by atoms with Gasteiger partial charge in [-0.2, -0.15) is 0 Å². The first-order valence-electron chi connectivity index (χ1n) is 43.7. The minimum absolute atomic E-state index is 0. The minimum Gasteiger partial charge on any atom is -0.550 e. The first kappa shape index (κ1) is 96.3. The van der Waals surface area contributed by atoms with Gasteiger partial charge in [-0.05, 0) is 405 Å². The topological polar surface area (TPSA) is 413 Å². The molecule has 128 heavy (non-hydrogen) atoms. The molecule has 24 nitrogen and oxygen atoms in total. The number of fused-ring (bicyclic) bond motifs is 24. The predicted molar refractivity (Wildman–Crippen MR) is 500 cm³/mol. The van der Waals surface area contributed by atoms with Gasteiger partial charge in [0.15, 0.2) is 0 Å². The number of hydrogen-bond acceptors (Lipinski definition) is 18. The second-order valence-electron chi connectivity index (χ2n) is 33.3. The maximum Gasteiger partial charge on any atom is 3.00 e. The largest absolute Gasteiger partial charge is 3.00 e. The van der Waals surface area contributed by atoms with Crippen molar-refractivity contribution in [2.45, 2.75) is 240 Å². The molecule has 6 aliphatic rings. The fraction of sp³-hybridized carbons (Fsp3) is 0.353. The number of aliphatic carboxylic acids is 6. The molecule has 26 heteroatoms. The molecule has 9 aromatic heterocycles. The van der Waals surface area contributed by atoms with Crippen LogP contribution in [0.3, 0.4) is 0 Å². The van der Waals surface area contributed by atoms with Crippen LogP contribution in [0.4, 0.5) is 0 Å². The molecule has 0 saturated carbocycles. The van der Waals surface area contributed by atoms with Crippen LogP contribution in [0.2, 0.25) is 0 Å². The van der Waals surface area contributed by atoms with E-state index in [1.165, 1.54) is 16.7 Å². The van der Waals surface area contributed by atoms with E-state index in [1.807, 2.05) is 96.1 Å².